The Balaban J connectivity index is 2.62. The average molecular weight is 299 g/mol. The Morgan fingerprint density at radius 3 is 2.52 bits per heavy atom. The molecule has 0 radical (unpaired) electrons. The molecule has 1 N–H and O–H groups in total. The third-order valence-corrected chi connectivity index (χ3v) is 3.95. The van der Waals surface area contributed by atoms with E-state index in [0.29, 0.717) is 10.9 Å². The molecule has 0 amide bonds. The largest absolute Gasteiger partial charge is 0.333 e. The molecule has 0 saturated carbocycles. The summed E-state index contributed by atoms with van der Waals surface area (Å²) in [5.74, 6) is 0. The summed E-state index contributed by atoms with van der Waals surface area (Å²) in [5, 5.41) is 1.06. The van der Waals surface area contributed by atoms with Crippen LogP contribution >= 0.6 is 11.6 Å². The Hall–Kier alpha value is -2.66. The topological polar surface area (TPSA) is 71.4 Å². The first-order valence-electron chi connectivity index (χ1n) is 6.21. The maximum absolute atomic E-state index is 12.6. The molecule has 0 aliphatic heterocycles. The van der Waals surface area contributed by atoms with E-state index >= 15 is 0 Å². The lowest BCUT2D eigenvalue weighted by molar-refractivity contribution is 1.02. The summed E-state index contributed by atoms with van der Waals surface area (Å²) in [5.41, 5.74) is -0.693. The predicted octanol–water partition coefficient (Wildman–Crippen LogP) is 1.75. The molecule has 4 rings (SSSR count). The van der Waals surface area contributed by atoms with Crippen LogP contribution in [0.2, 0.25) is 5.02 Å². The van der Waals surface area contributed by atoms with Crippen LogP contribution < -0.4 is 16.7 Å². The van der Waals surface area contributed by atoms with Gasteiger partial charge in [-0.1, -0.05) is 23.7 Å². The zero-order valence-electron chi connectivity index (χ0n) is 10.5. The van der Waals surface area contributed by atoms with E-state index in [4.69, 9.17) is 11.6 Å². The van der Waals surface area contributed by atoms with Gasteiger partial charge >= 0.3 is 5.69 Å². The van der Waals surface area contributed by atoms with Crippen LogP contribution in [0.25, 0.3) is 27.2 Å². The zero-order valence-corrected chi connectivity index (χ0v) is 11.3. The minimum Gasteiger partial charge on any atom is -0.288 e. The van der Waals surface area contributed by atoms with Crippen molar-refractivity contribution in [1.29, 1.82) is 0 Å². The molecule has 0 aliphatic rings. The molecule has 0 saturated heterocycles. The summed E-state index contributed by atoms with van der Waals surface area (Å²) in [6, 6.07) is 9.74. The van der Waals surface area contributed by atoms with Gasteiger partial charge in [-0.3, -0.25) is 19.0 Å². The molecule has 0 bridgehead atoms. The Kier molecular flexibility index (Phi) is 2.26. The predicted molar refractivity (Wildman–Crippen MR) is 81.8 cm³/mol. The second-order valence-corrected chi connectivity index (χ2v) is 5.17. The molecule has 5 nitrogen and oxygen atoms in total. The third kappa shape index (κ3) is 1.43. The molecule has 21 heavy (non-hydrogen) atoms. The van der Waals surface area contributed by atoms with Gasteiger partial charge in [0.05, 0.1) is 26.8 Å². The number of benzene rings is 2. The fraction of sp³-hybridized carbons (Fsp3) is 0. The SMILES string of the molecule is O=c1[nH]c(=O)n2c3ccccc3c(=O)c3c(Cl)ccc1c32. The molecule has 4 aromatic rings. The highest BCUT2D eigenvalue weighted by atomic mass is 35.5. The number of aromatic nitrogens is 2. The highest BCUT2D eigenvalue weighted by Gasteiger charge is 2.17. The normalized spacial score (nSPS) is 11.7. The standard InChI is InChI=1S/C15H7ClN2O3/c16-9-6-5-8-12-11(9)13(19)7-3-1-2-4-10(7)18(12)15(21)17-14(8)20/h1-6H,(H,17,20,21). The smallest absolute Gasteiger partial charge is 0.288 e. The summed E-state index contributed by atoms with van der Waals surface area (Å²) >= 11 is 6.13. The van der Waals surface area contributed by atoms with Crippen molar-refractivity contribution in [1.82, 2.24) is 9.38 Å². The second kappa shape index (κ2) is 3.93. The van der Waals surface area contributed by atoms with Gasteiger partial charge in [0.25, 0.3) is 5.56 Å². The maximum Gasteiger partial charge on any atom is 0.333 e. The highest BCUT2D eigenvalue weighted by Crippen LogP contribution is 2.25. The first kappa shape index (κ1) is 12.1. The first-order valence-corrected chi connectivity index (χ1v) is 6.59. The van der Waals surface area contributed by atoms with E-state index < -0.39 is 11.2 Å². The van der Waals surface area contributed by atoms with Crippen LogP contribution in [0.15, 0.2) is 50.8 Å². The van der Waals surface area contributed by atoms with Crippen molar-refractivity contribution in [2.45, 2.75) is 0 Å². The Labute approximate surface area is 121 Å². The lowest BCUT2D eigenvalue weighted by Gasteiger charge is -2.10. The second-order valence-electron chi connectivity index (χ2n) is 4.76. The van der Waals surface area contributed by atoms with Crippen molar-refractivity contribution >= 4 is 38.8 Å². The van der Waals surface area contributed by atoms with Crippen LogP contribution in [0.5, 0.6) is 0 Å². The van der Waals surface area contributed by atoms with Gasteiger partial charge in [-0.05, 0) is 24.3 Å². The Morgan fingerprint density at radius 1 is 0.952 bits per heavy atom. The van der Waals surface area contributed by atoms with Crippen molar-refractivity contribution < 1.29 is 0 Å². The van der Waals surface area contributed by atoms with Crippen LogP contribution in [0, 0.1) is 0 Å². The Bertz CT molecular complexity index is 1210. The number of aromatic amines is 1. The molecule has 102 valence electrons. The van der Waals surface area contributed by atoms with Gasteiger partial charge in [0.2, 0.25) is 0 Å². The van der Waals surface area contributed by atoms with Crippen LogP contribution in [0.4, 0.5) is 0 Å². The van der Waals surface area contributed by atoms with Gasteiger partial charge < -0.3 is 0 Å². The van der Waals surface area contributed by atoms with Crippen LogP contribution in [-0.2, 0) is 0 Å². The third-order valence-electron chi connectivity index (χ3n) is 3.64. The minimum absolute atomic E-state index is 0.191. The highest BCUT2D eigenvalue weighted by molar-refractivity contribution is 6.36. The van der Waals surface area contributed by atoms with Gasteiger partial charge in [-0.25, -0.2) is 4.79 Å². The monoisotopic (exact) mass is 298 g/mol. The Morgan fingerprint density at radius 2 is 1.71 bits per heavy atom. The van der Waals surface area contributed by atoms with Crippen molar-refractivity contribution in [3.8, 4) is 0 Å². The van der Waals surface area contributed by atoms with Gasteiger partial charge in [0.1, 0.15) is 0 Å². The van der Waals surface area contributed by atoms with Crippen LogP contribution in [0.1, 0.15) is 0 Å². The number of rotatable bonds is 0. The van der Waals surface area contributed by atoms with Gasteiger partial charge in [0, 0.05) is 5.39 Å². The minimum atomic E-state index is -0.587. The first-order chi connectivity index (χ1) is 10.1. The summed E-state index contributed by atoms with van der Waals surface area (Å²) in [6.07, 6.45) is 0. The molecule has 6 heteroatoms. The van der Waals surface area contributed by atoms with E-state index in [2.05, 4.69) is 4.98 Å². The summed E-state index contributed by atoms with van der Waals surface area (Å²) in [4.78, 5) is 39.0. The van der Waals surface area contributed by atoms with E-state index in [-0.39, 0.29) is 26.7 Å². The molecular weight excluding hydrogens is 292 g/mol. The van der Waals surface area contributed by atoms with Crippen molar-refractivity contribution in [3.05, 3.63) is 72.5 Å². The van der Waals surface area contributed by atoms with Crippen molar-refractivity contribution in [2.24, 2.45) is 0 Å². The average Bonchev–Trinajstić information content (AvgIpc) is 2.46. The van der Waals surface area contributed by atoms with Crippen LogP contribution in [-0.4, -0.2) is 9.38 Å². The molecule has 2 heterocycles. The van der Waals surface area contributed by atoms with Gasteiger partial charge in [-0.15, -0.1) is 0 Å². The van der Waals surface area contributed by atoms with E-state index in [0.717, 1.165) is 0 Å². The van der Waals surface area contributed by atoms with Crippen LogP contribution in [0.3, 0.4) is 0 Å². The molecule has 0 spiro atoms. The lowest BCUT2D eigenvalue weighted by atomic mass is 10.1. The summed E-state index contributed by atoms with van der Waals surface area (Å²) in [7, 11) is 0. The lowest BCUT2D eigenvalue weighted by Crippen LogP contribution is -2.28. The van der Waals surface area contributed by atoms with E-state index in [1.165, 1.54) is 16.5 Å². The fourth-order valence-electron chi connectivity index (χ4n) is 2.75. The van der Waals surface area contributed by atoms with E-state index in [1.807, 2.05) is 0 Å². The van der Waals surface area contributed by atoms with E-state index in [9.17, 15) is 14.4 Å². The van der Waals surface area contributed by atoms with E-state index in [1.54, 1.807) is 24.3 Å². The van der Waals surface area contributed by atoms with Gasteiger partial charge in [0.15, 0.2) is 5.43 Å². The van der Waals surface area contributed by atoms with Crippen molar-refractivity contribution in [2.75, 3.05) is 0 Å². The molecule has 2 aromatic carbocycles. The summed E-state index contributed by atoms with van der Waals surface area (Å²) < 4.78 is 1.33. The number of para-hydroxylation sites is 1. The molecule has 0 atom stereocenters. The molecule has 0 aliphatic carbocycles. The maximum atomic E-state index is 12.6. The number of hydrogen-bond acceptors (Lipinski definition) is 3. The molecular formula is C15H7ClN2O3. The molecule has 2 aromatic heterocycles. The van der Waals surface area contributed by atoms with Gasteiger partial charge in [-0.2, -0.15) is 0 Å². The number of halogens is 1. The zero-order chi connectivity index (χ0) is 14.7. The number of nitrogens with zero attached hydrogens (tertiary/aromatic N) is 1. The number of nitrogens with one attached hydrogen (secondary N) is 1. The number of hydrogen-bond donors (Lipinski definition) is 1. The molecule has 0 unspecified atom stereocenters. The summed E-state index contributed by atoms with van der Waals surface area (Å²) in [6.45, 7) is 0. The quantitative estimate of drug-likeness (QED) is 0.397. The molecule has 0 fully saturated rings. The fourth-order valence-corrected chi connectivity index (χ4v) is 2.98. The number of H-pyrrole nitrogens is 1. The number of pyridine rings is 1. The number of fused-ring (bicyclic) bond motifs is 2. The van der Waals surface area contributed by atoms with Crippen molar-refractivity contribution in [3.63, 3.8) is 0 Å².